The van der Waals surface area contributed by atoms with E-state index in [0.717, 1.165) is 51.4 Å². The van der Waals surface area contributed by atoms with Crippen LogP contribution in [-0.4, -0.2) is 62.0 Å². The third-order valence-electron chi connectivity index (χ3n) is 5.79. The van der Waals surface area contributed by atoms with Crippen LogP contribution in [0.2, 0.25) is 0 Å². The number of carbonyl (C=O) groups excluding carboxylic acids is 3. The zero-order valence-corrected chi connectivity index (χ0v) is 21.3. The molecule has 10 nitrogen and oxygen atoms in total. The van der Waals surface area contributed by atoms with Crippen molar-refractivity contribution in [1.82, 2.24) is 16.0 Å². The van der Waals surface area contributed by atoms with Gasteiger partial charge in [0.15, 0.2) is 0 Å². The molecule has 10 heteroatoms. The minimum atomic E-state index is -0.661. The van der Waals surface area contributed by atoms with Crippen LogP contribution in [0.15, 0.2) is 0 Å². The van der Waals surface area contributed by atoms with E-state index in [1.54, 1.807) is 0 Å². The highest BCUT2D eigenvalue weighted by molar-refractivity contribution is 5.89. The van der Waals surface area contributed by atoms with Gasteiger partial charge < -0.3 is 38.9 Å². The maximum absolute atomic E-state index is 12.7. The first kappa shape index (κ1) is 32.2. The van der Waals surface area contributed by atoms with Gasteiger partial charge in [-0.1, -0.05) is 39.0 Å². The minimum Gasteiger partial charge on any atom is -0.355 e. The molecule has 0 spiro atoms. The molecule has 11 N–H and O–H groups in total. The van der Waals surface area contributed by atoms with Crippen LogP contribution in [0.1, 0.15) is 90.4 Å². The van der Waals surface area contributed by atoms with Gasteiger partial charge >= 0.3 is 0 Å². The maximum atomic E-state index is 12.7. The van der Waals surface area contributed by atoms with Gasteiger partial charge in [0.1, 0.15) is 6.04 Å². The van der Waals surface area contributed by atoms with Crippen molar-refractivity contribution in [3.8, 4) is 0 Å². The van der Waals surface area contributed by atoms with E-state index in [4.69, 9.17) is 22.9 Å². The lowest BCUT2D eigenvalue weighted by Crippen LogP contribution is -2.51. The highest BCUT2D eigenvalue weighted by Gasteiger charge is 2.23. The highest BCUT2D eigenvalue weighted by atomic mass is 16.2. The summed E-state index contributed by atoms with van der Waals surface area (Å²) in [7, 11) is 0. The lowest BCUT2D eigenvalue weighted by molar-refractivity contribution is -0.129. The molecule has 3 atom stereocenters. The zero-order valence-electron chi connectivity index (χ0n) is 21.3. The second kappa shape index (κ2) is 21.8. The highest BCUT2D eigenvalue weighted by Crippen LogP contribution is 2.05. The van der Waals surface area contributed by atoms with E-state index < -0.39 is 18.1 Å². The summed E-state index contributed by atoms with van der Waals surface area (Å²) in [5, 5.41) is 8.59. The lowest BCUT2D eigenvalue weighted by atomic mass is 10.1. The first-order chi connectivity index (χ1) is 16.4. The van der Waals surface area contributed by atoms with Gasteiger partial charge in [0, 0.05) is 13.1 Å². The van der Waals surface area contributed by atoms with Crippen LogP contribution in [-0.2, 0) is 14.4 Å². The standard InChI is InChI=1S/C24H51N7O3/c1-2-3-4-10-17-30-24(34)21(31-23(33)20(28)13-6-9-16-26)14-7-11-18-29-22(32)19(27)12-5-8-15-25/h19-21H,2-18,25-28H2,1H3,(H,29,32)(H,30,34)(H,31,33). The molecule has 0 saturated carbocycles. The quantitative estimate of drug-likeness (QED) is 0.108. The molecule has 0 aliphatic heterocycles. The van der Waals surface area contributed by atoms with Crippen molar-refractivity contribution in [1.29, 1.82) is 0 Å². The molecule has 0 aliphatic carbocycles. The molecular formula is C24H51N7O3. The van der Waals surface area contributed by atoms with E-state index >= 15 is 0 Å². The summed E-state index contributed by atoms with van der Waals surface area (Å²) in [5.74, 6) is -0.681. The van der Waals surface area contributed by atoms with Gasteiger partial charge in [-0.25, -0.2) is 0 Å². The van der Waals surface area contributed by atoms with Crippen molar-refractivity contribution in [3.05, 3.63) is 0 Å². The third-order valence-corrected chi connectivity index (χ3v) is 5.79. The number of amides is 3. The molecule has 3 amide bonds. The Balaban J connectivity index is 4.53. The van der Waals surface area contributed by atoms with Crippen LogP contribution in [0.25, 0.3) is 0 Å². The van der Waals surface area contributed by atoms with E-state index in [2.05, 4.69) is 22.9 Å². The molecule has 0 radical (unpaired) electrons. The van der Waals surface area contributed by atoms with Crippen LogP contribution in [0.3, 0.4) is 0 Å². The number of nitrogens with two attached hydrogens (primary N) is 4. The van der Waals surface area contributed by atoms with Crippen molar-refractivity contribution in [3.63, 3.8) is 0 Å². The number of hydrogen-bond acceptors (Lipinski definition) is 7. The number of hydrogen-bond donors (Lipinski definition) is 7. The predicted molar refractivity (Wildman–Crippen MR) is 138 cm³/mol. The van der Waals surface area contributed by atoms with Crippen molar-refractivity contribution in [2.75, 3.05) is 26.2 Å². The van der Waals surface area contributed by atoms with E-state index in [1.807, 2.05) is 0 Å². The minimum absolute atomic E-state index is 0.171. The zero-order chi connectivity index (χ0) is 25.6. The fourth-order valence-electron chi connectivity index (χ4n) is 3.53. The Bertz CT molecular complexity index is 549. The lowest BCUT2D eigenvalue weighted by Gasteiger charge is -2.21. The van der Waals surface area contributed by atoms with E-state index in [9.17, 15) is 14.4 Å². The summed E-state index contributed by atoms with van der Waals surface area (Å²) < 4.78 is 0. The van der Waals surface area contributed by atoms with Crippen molar-refractivity contribution < 1.29 is 14.4 Å². The fraction of sp³-hybridized carbons (Fsp3) is 0.875. The normalized spacial score (nSPS) is 13.7. The number of rotatable bonds is 22. The summed E-state index contributed by atoms with van der Waals surface area (Å²) in [6, 6.07) is -1.84. The third kappa shape index (κ3) is 16.8. The molecule has 3 unspecified atom stereocenters. The second-order valence-electron chi connectivity index (χ2n) is 8.98. The Morgan fingerprint density at radius 2 is 1.12 bits per heavy atom. The smallest absolute Gasteiger partial charge is 0.242 e. The van der Waals surface area contributed by atoms with E-state index in [1.165, 1.54) is 0 Å². The Morgan fingerprint density at radius 3 is 1.68 bits per heavy atom. The molecule has 0 aromatic heterocycles. The van der Waals surface area contributed by atoms with Gasteiger partial charge in [0.2, 0.25) is 17.7 Å². The monoisotopic (exact) mass is 485 g/mol. The molecule has 0 aromatic carbocycles. The summed E-state index contributed by atoms with van der Waals surface area (Å²) in [6.45, 7) is 4.36. The van der Waals surface area contributed by atoms with Crippen LogP contribution >= 0.6 is 0 Å². The molecule has 0 fully saturated rings. The first-order valence-corrected chi connectivity index (χ1v) is 13.1. The molecule has 0 heterocycles. The van der Waals surface area contributed by atoms with Gasteiger partial charge in [-0.15, -0.1) is 0 Å². The molecule has 0 saturated heterocycles. The second-order valence-corrected chi connectivity index (χ2v) is 8.98. The molecular weight excluding hydrogens is 434 g/mol. The summed E-state index contributed by atoms with van der Waals surface area (Å²) in [4.78, 5) is 37.3. The molecule has 200 valence electrons. The summed E-state index contributed by atoms with van der Waals surface area (Å²) >= 11 is 0. The largest absolute Gasteiger partial charge is 0.355 e. The van der Waals surface area contributed by atoms with Crippen LogP contribution in [0.4, 0.5) is 0 Å². The van der Waals surface area contributed by atoms with Gasteiger partial charge in [-0.3, -0.25) is 14.4 Å². The van der Waals surface area contributed by atoms with Gasteiger partial charge in [0.25, 0.3) is 0 Å². The Morgan fingerprint density at radius 1 is 0.618 bits per heavy atom. The molecule has 0 aliphatic rings. The summed E-state index contributed by atoms with van der Waals surface area (Å²) in [6.07, 6.45) is 10.5. The van der Waals surface area contributed by atoms with Gasteiger partial charge in [0.05, 0.1) is 12.1 Å². The van der Waals surface area contributed by atoms with Crippen molar-refractivity contribution >= 4 is 17.7 Å². The first-order valence-electron chi connectivity index (χ1n) is 13.1. The Hall–Kier alpha value is -1.75. The molecule has 34 heavy (non-hydrogen) atoms. The van der Waals surface area contributed by atoms with Crippen LogP contribution < -0.4 is 38.9 Å². The maximum Gasteiger partial charge on any atom is 0.242 e. The number of unbranched alkanes of at least 4 members (excludes halogenated alkanes) is 6. The Kier molecular flexibility index (Phi) is 20.6. The molecule has 0 bridgehead atoms. The van der Waals surface area contributed by atoms with E-state index in [0.29, 0.717) is 58.3 Å². The van der Waals surface area contributed by atoms with E-state index in [-0.39, 0.29) is 17.7 Å². The SMILES string of the molecule is CCCCCCNC(=O)C(CCCCNC(=O)C(N)CCCCN)NC(=O)C(N)CCCCN. The fourth-order valence-corrected chi connectivity index (χ4v) is 3.53. The Labute approximate surface area is 206 Å². The van der Waals surface area contributed by atoms with Gasteiger partial charge in [-0.05, 0) is 64.5 Å². The number of carbonyl (C=O) groups is 3. The summed E-state index contributed by atoms with van der Waals surface area (Å²) in [5.41, 5.74) is 22.8. The average molecular weight is 486 g/mol. The molecule has 0 rings (SSSR count). The average Bonchev–Trinajstić information content (AvgIpc) is 2.82. The van der Waals surface area contributed by atoms with Crippen LogP contribution in [0.5, 0.6) is 0 Å². The van der Waals surface area contributed by atoms with Crippen molar-refractivity contribution in [2.45, 2.75) is 109 Å². The van der Waals surface area contributed by atoms with Gasteiger partial charge in [-0.2, -0.15) is 0 Å². The topological polar surface area (TPSA) is 191 Å². The molecule has 0 aromatic rings. The number of nitrogens with one attached hydrogen (secondary N) is 3. The predicted octanol–water partition coefficient (Wildman–Crippen LogP) is 0.367. The van der Waals surface area contributed by atoms with Crippen molar-refractivity contribution in [2.24, 2.45) is 22.9 Å². The van der Waals surface area contributed by atoms with Crippen LogP contribution in [0, 0.1) is 0 Å².